The number of benzene rings is 1. The molecule has 1 atom stereocenters. The summed E-state index contributed by atoms with van der Waals surface area (Å²) in [5.74, 6) is 0.786. The normalized spacial score (nSPS) is 29.4. The molecule has 1 heterocycles. The van der Waals surface area contributed by atoms with Crippen LogP contribution in [0.15, 0.2) is 30.3 Å². The highest BCUT2D eigenvalue weighted by molar-refractivity contribution is 5.27. The Kier molecular flexibility index (Phi) is 1.50. The average Bonchev–Trinajstić information content (AvgIpc) is 2.80. The molecule has 1 aromatic rings. The fraction of sp³-hybridized carbons (Fsp3) is 0.500. The van der Waals surface area contributed by atoms with Gasteiger partial charge in [0.25, 0.3) is 0 Å². The monoisotopic (exact) mass is 173 g/mol. The summed E-state index contributed by atoms with van der Waals surface area (Å²) >= 11 is 0. The van der Waals surface area contributed by atoms with Crippen molar-refractivity contribution in [1.82, 2.24) is 5.32 Å². The summed E-state index contributed by atoms with van der Waals surface area (Å²) in [7, 11) is 0. The number of hydrogen-bond donors (Lipinski definition) is 1. The molecular formula is C12H15N. The van der Waals surface area contributed by atoms with Crippen molar-refractivity contribution in [2.75, 3.05) is 13.1 Å². The molecule has 1 spiro atoms. The van der Waals surface area contributed by atoms with Gasteiger partial charge in [-0.25, -0.2) is 0 Å². The summed E-state index contributed by atoms with van der Waals surface area (Å²) in [5.41, 5.74) is 2.19. The molecule has 3 rings (SSSR count). The highest BCUT2D eigenvalue weighted by Crippen LogP contribution is 2.57. The fourth-order valence-corrected chi connectivity index (χ4v) is 2.65. The minimum Gasteiger partial charge on any atom is -0.316 e. The van der Waals surface area contributed by atoms with Crippen molar-refractivity contribution in [2.24, 2.45) is 5.41 Å². The van der Waals surface area contributed by atoms with Gasteiger partial charge in [0.15, 0.2) is 0 Å². The van der Waals surface area contributed by atoms with Crippen LogP contribution in [0.5, 0.6) is 0 Å². The minimum atomic E-state index is 0.654. The van der Waals surface area contributed by atoms with Crippen molar-refractivity contribution in [2.45, 2.75) is 18.8 Å². The van der Waals surface area contributed by atoms with Gasteiger partial charge in [0, 0.05) is 19.0 Å². The van der Waals surface area contributed by atoms with Crippen LogP contribution in [-0.4, -0.2) is 13.1 Å². The SMILES string of the molecule is c1ccc([C@@H]2CNCC23CC3)cc1. The molecule has 1 aromatic carbocycles. The molecule has 0 amide bonds. The number of nitrogens with one attached hydrogen (secondary N) is 1. The molecule has 0 bridgehead atoms. The highest BCUT2D eigenvalue weighted by Gasteiger charge is 2.52. The molecule has 0 unspecified atom stereocenters. The second-order valence-electron chi connectivity index (χ2n) is 4.46. The van der Waals surface area contributed by atoms with Crippen LogP contribution >= 0.6 is 0 Å². The maximum Gasteiger partial charge on any atom is 0.00320 e. The van der Waals surface area contributed by atoms with Crippen molar-refractivity contribution < 1.29 is 0 Å². The van der Waals surface area contributed by atoms with E-state index in [-0.39, 0.29) is 0 Å². The molecule has 0 aromatic heterocycles. The van der Waals surface area contributed by atoms with E-state index in [4.69, 9.17) is 0 Å². The minimum absolute atomic E-state index is 0.654. The fourth-order valence-electron chi connectivity index (χ4n) is 2.65. The predicted molar refractivity (Wildman–Crippen MR) is 53.7 cm³/mol. The zero-order chi connectivity index (χ0) is 8.73. The third-order valence-electron chi connectivity index (χ3n) is 3.66. The van der Waals surface area contributed by atoms with E-state index in [2.05, 4.69) is 35.6 Å². The van der Waals surface area contributed by atoms with Gasteiger partial charge in [-0.2, -0.15) is 0 Å². The van der Waals surface area contributed by atoms with Crippen molar-refractivity contribution in [3.8, 4) is 0 Å². The summed E-state index contributed by atoms with van der Waals surface area (Å²) in [4.78, 5) is 0. The van der Waals surface area contributed by atoms with E-state index in [0.29, 0.717) is 5.41 Å². The molecule has 1 aliphatic heterocycles. The highest BCUT2D eigenvalue weighted by atomic mass is 15.0. The zero-order valence-corrected chi connectivity index (χ0v) is 7.79. The Hall–Kier alpha value is -0.820. The van der Waals surface area contributed by atoms with Crippen LogP contribution < -0.4 is 5.32 Å². The lowest BCUT2D eigenvalue weighted by molar-refractivity contribution is 0.502. The Balaban J connectivity index is 1.93. The summed E-state index contributed by atoms with van der Waals surface area (Å²) in [6.07, 6.45) is 2.86. The van der Waals surface area contributed by atoms with Crippen molar-refractivity contribution in [3.05, 3.63) is 35.9 Å². The first-order chi connectivity index (χ1) is 6.41. The third-order valence-corrected chi connectivity index (χ3v) is 3.66. The number of hydrogen-bond acceptors (Lipinski definition) is 1. The lowest BCUT2D eigenvalue weighted by Gasteiger charge is -2.16. The van der Waals surface area contributed by atoms with E-state index < -0.39 is 0 Å². The standard InChI is InChI=1S/C12H15N/c1-2-4-10(5-3-1)11-8-13-9-12(11)6-7-12/h1-5,11,13H,6-9H2/t11-/m0/s1. The molecule has 1 saturated heterocycles. The largest absolute Gasteiger partial charge is 0.316 e. The molecule has 68 valence electrons. The lowest BCUT2D eigenvalue weighted by Crippen LogP contribution is -2.10. The van der Waals surface area contributed by atoms with Gasteiger partial charge in [0.05, 0.1) is 0 Å². The van der Waals surface area contributed by atoms with Crippen LogP contribution in [0.25, 0.3) is 0 Å². The zero-order valence-electron chi connectivity index (χ0n) is 7.79. The molecule has 2 aliphatic rings. The maximum absolute atomic E-state index is 3.52. The van der Waals surface area contributed by atoms with Crippen molar-refractivity contribution >= 4 is 0 Å². The van der Waals surface area contributed by atoms with E-state index in [1.165, 1.54) is 31.5 Å². The van der Waals surface area contributed by atoms with Gasteiger partial charge in [0.2, 0.25) is 0 Å². The molecule has 1 aliphatic carbocycles. The molecule has 13 heavy (non-hydrogen) atoms. The Bertz CT molecular complexity index is 300. The van der Waals surface area contributed by atoms with E-state index in [9.17, 15) is 0 Å². The van der Waals surface area contributed by atoms with E-state index >= 15 is 0 Å². The Labute approximate surface area is 79.2 Å². The summed E-state index contributed by atoms with van der Waals surface area (Å²) < 4.78 is 0. The lowest BCUT2D eigenvalue weighted by atomic mass is 9.86. The van der Waals surface area contributed by atoms with Crippen LogP contribution in [0.2, 0.25) is 0 Å². The topological polar surface area (TPSA) is 12.0 Å². The van der Waals surface area contributed by atoms with Gasteiger partial charge < -0.3 is 5.32 Å². The van der Waals surface area contributed by atoms with E-state index in [1.807, 2.05) is 0 Å². The summed E-state index contributed by atoms with van der Waals surface area (Å²) in [6.45, 7) is 2.43. The quantitative estimate of drug-likeness (QED) is 0.686. The van der Waals surface area contributed by atoms with Gasteiger partial charge in [-0.15, -0.1) is 0 Å². The van der Waals surface area contributed by atoms with Gasteiger partial charge in [0.1, 0.15) is 0 Å². The van der Waals surface area contributed by atoms with Crippen molar-refractivity contribution in [3.63, 3.8) is 0 Å². The molecule has 1 heteroatoms. The van der Waals surface area contributed by atoms with Crippen LogP contribution in [0.3, 0.4) is 0 Å². The first kappa shape index (κ1) is 7.57. The Morgan fingerprint density at radius 3 is 2.62 bits per heavy atom. The maximum atomic E-state index is 3.52. The summed E-state index contributed by atoms with van der Waals surface area (Å²) in [5, 5.41) is 3.52. The molecule has 1 saturated carbocycles. The molecule has 0 radical (unpaired) electrons. The van der Waals surface area contributed by atoms with Crippen LogP contribution in [0, 0.1) is 5.41 Å². The molecule has 2 fully saturated rings. The van der Waals surface area contributed by atoms with E-state index in [0.717, 1.165) is 5.92 Å². The van der Waals surface area contributed by atoms with Gasteiger partial charge in [-0.3, -0.25) is 0 Å². The Morgan fingerprint density at radius 1 is 1.15 bits per heavy atom. The smallest absolute Gasteiger partial charge is 0.00320 e. The van der Waals surface area contributed by atoms with Crippen LogP contribution in [-0.2, 0) is 0 Å². The average molecular weight is 173 g/mol. The van der Waals surface area contributed by atoms with Crippen LogP contribution in [0.1, 0.15) is 24.3 Å². The molecule has 1 N–H and O–H groups in total. The second-order valence-corrected chi connectivity index (χ2v) is 4.46. The third kappa shape index (κ3) is 1.11. The Morgan fingerprint density at radius 2 is 1.92 bits per heavy atom. The molecular weight excluding hydrogens is 158 g/mol. The van der Waals surface area contributed by atoms with Crippen LogP contribution in [0.4, 0.5) is 0 Å². The first-order valence-corrected chi connectivity index (χ1v) is 5.16. The molecule has 1 nitrogen and oxygen atoms in total. The van der Waals surface area contributed by atoms with E-state index in [1.54, 1.807) is 0 Å². The predicted octanol–water partition coefficient (Wildman–Crippen LogP) is 2.15. The first-order valence-electron chi connectivity index (χ1n) is 5.16. The number of rotatable bonds is 1. The van der Waals surface area contributed by atoms with Gasteiger partial charge >= 0.3 is 0 Å². The van der Waals surface area contributed by atoms with Gasteiger partial charge in [-0.05, 0) is 23.8 Å². The van der Waals surface area contributed by atoms with Crippen molar-refractivity contribution in [1.29, 1.82) is 0 Å². The second kappa shape index (κ2) is 2.58. The van der Waals surface area contributed by atoms with Gasteiger partial charge in [-0.1, -0.05) is 30.3 Å². The summed E-state index contributed by atoms with van der Waals surface area (Å²) in [6, 6.07) is 11.0.